The van der Waals surface area contributed by atoms with E-state index in [1.807, 2.05) is 45.2 Å². The zero-order valence-electron chi connectivity index (χ0n) is 21.6. The van der Waals surface area contributed by atoms with Crippen LogP contribution >= 0.6 is 15.9 Å². The van der Waals surface area contributed by atoms with Crippen LogP contribution in [0.25, 0.3) is 0 Å². The monoisotopic (exact) mass is 565 g/mol. The fourth-order valence-corrected chi connectivity index (χ4v) is 6.28. The van der Waals surface area contributed by atoms with E-state index in [1.165, 1.54) is 0 Å². The van der Waals surface area contributed by atoms with Crippen LogP contribution in [0, 0.1) is 11.3 Å². The van der Waals surface area contributed by atoms with Gasteiger partial charge >= 0.3 is 6.09 Å². The lowest BCUT2D eigenvalue weighted by Crippen LogP contribution is -2.41. The first-order valence-corrected chi connectivity index (χ1v) is 13.8. The van der Waals surface area contributed by atoms with Crippen LogP contribution < -0.4 is 4.90 Å². The lowest BCUT2D eigenvalue weighted by molar-refractivity contribution is -0.123. The van der Waals surface area contributed by atoms with E-state index in [9.17, 15) is 14.9 Å². The Bertz CT molecular complexity index is 1270. The molecular formula is C28H32BrN5O3. The number of halogens is 1. The van der Waals surface area contributed by atoms with Crippen LogP contribution in [0.4, 0.5) is 16.3 Å². The van der Waals surface area contributed by atoms with E-state index in [-0.39, 0.29) is 17.9 Å². The van der Waals surface area contributed by atoms with E-state index in [1.54, 1.807) is 9.80 Å². The number of likely N-dealkylation sites (tertiary alicyclic amines) is 1. The van der Waals surface area contributed by atoms with E-state index in [0.29, 0.717) is 40.5 Å². The van der Waals surface area contributed by atoms with E-state index in [2.05, 4.69) is 22.0 Å². The number of rotatable bonds is 2. The van der Waals surface area contributed by atoms with E-state index >= 15 is 0 Å². The molecule has 1 saturated heterocycles. The van der Waals surface area contributed by atoms with Crippen molar-refractivity contribution in [2.45, 2.75) is 82.7 Å². The Balaban J connectivity index is 1.48. The molecule has 2 fully saturated rings. The van der Waals surface area contributed by atoms with Crippen molar-refractivity contribution in [3.63, 3.8) is 0 Å². The molecule has 1 aliphatic carbocycles. The molecular weight excluding hydrogens is 534 g/mol. The van der Waals surface area contributed by atoms with Crippen molar-refractivity contribution in [3.05, 3.63) is 45.8 Å². The molecule has 0 bridgehead atoms. The average molecular weight is 566 g/mol. The van der Waals surface area contributed by atoms with Gasteiger partial charge in [-0.05, 0) is 74.5 Å². The number of benzene rings is 1. The van der Waals surface area contributed by atoms with Crippen LogP contribution in [0.15, 0.2) is 28.9 Å². The zero-order chi connectivity index (χ0) is 26.4. The molecule has 2 amide bonds. The average Bonchev–Trinajstić information content (AvgIpc) is 3.10. The number of nitriles is 1. The highest BCUT2D eigenvalue weighted by Crippen LogP contribution is 2.52. The molecule has 3 aliphatic rings. The third kappa shape index (κ3) is 4.61. The lowest BCUT2D eigenvalue weighted by Gasteiger charge is -2.33. The second-order valence-corrected chi connectivity index (χ2v) is 12.1. The number of hydrogen-bond donors (Lipinski definition) is 0. The Morgan fingerprint density at radius 1 is 1.19 bits per heavy atom. The molecule has 1 saturated carbocycles. The molecule has 5 rings (SSSR count). The predicted octanol–water partition coefficient (Wildman–Crippen LogP) is 6.11. The van der Waals surface area contributed by atoms with Crippen molar-refractivity contribution in [2.24, 2.45) is 0 Å². The molecule has 2 aromatic rings. The maximum absolute atomic E-state index is 14.1. The summed E-state index contributed by atoms with van der Waals surface area (Å²) in [5.74, 6) is 1.34. The van der Waals surface area contributed by atoms with Gasteiger partial charge in [0.15, 0.2) is 0 Å². The van der Waals surface area contributed by atoms with Crippen molar-refractivity contribution in [3.8, 4) is 6.07 Å². The van der Waals surface area contributed by atoms with Crippen molar-refractivity contribution in [1.82, 2.24) is 14.9 Å². The van der Waals surface area contributed by atoms with Gasteiger partial charge in [-0.15, -0.1) is 0 Å². The summed E-state index contributed by atoms with van der Waals surface area (Å²) < 4.78 is 6.18. The first kappa shape index (κ1) is 25.7. The standard InChI is InChI=1S/C28H32BrN5O3/c1-27(2,3)37-26(36)33-14-10-18(11-15-33)23-31-17-20-24(32-23)34(22-9-7-8-21(29)19(22)16-30)25(35)28(20)12-5-4-6-13-28/h7-9,17-18H,4-6,10-15H2,1-3H3. The lowest BCUT2D eigenvalue weighted by atomic mass is 9.71. The SMILES string of the molecule is CC(C)(C)OC(=O)N1CCC(c2ncc3c(n2)N(c2cccc(Br)c2C#N)C(=O)C32CCCCC2)CC1. The van der Waals surface area contributed by atoms with Crippen LogP contribution in [0.5, 0.6) is 0 Å². The van der Waals surface area contributed by atoms with E-state index in [0.717, 1.165) is 50.5 Å². The quantitative estimate of drug-likeness (QED) is 0.435. The van der Waals surface area contributed by atoms with Gasteiger partial charge in [-0.3, -0.25) is 9.69 Å². The van der Waals surface area contributed by atoms with Crippen LogP contribution in [0.3, 0.4) is 0 Å². The second-order valence-electron chi connectivity index (χ2n) is 11.2. The summed E-state index contributed by atoms with van der Waals surface area (Å²) in [6, 6.07) is 7.72. The molecule has 9 heteroatoms. The maximum Gasteiger partial charge on any atom is 0.410 e. The molecule has 37 heavy (non-hydrogen) atoms. The normalized spacial score (nSPS) is 19.6. The Labute approximate surface area is 226 Å². The highest BCUT2D eigenvalue weighted by molar-refractivity contribution is 9.10. The number of nitrogens with zero attached hydrogens (tertiary/aromatic N) is 5. The number of carbonyl (C=O) groups excluding carboxylic acids is 2. The molecule has 1 aromatic heterocycles. The van der Waals surface area contributed by atoms with Gasteiger partial charge in [0.2, 0.25) is 5.91 Å². The van der Waals surface area contributed by atoms with Gasteiger partial charge in [0.05, 0.1) is 16.7 Å². The molecule has 8 nitrogen and oxygen atoms in total. The molecule has 194 valence electrons. The number of fused-ring (bicyclic) bond motifs is 2. The highest BCUT2D eigenvalue weighted by atomic mass is 79.9. The molecule has 3 heterocycles. The Morgan fingerprint density at radius 3 is 2.54 bits per heavy atom. The van der Waals surface area contributed by atoms with Crippen LogP contribution in [0.2, 0.25) is 0 Å². The Hall–Kier alpha value is -2.99. The van der Waals surface area contributed by atoms with E-state index in [4.69, 9.17) is 14.7 Å². The minimum atomic E-state index is -0.638. The molecule has 0 radical (unpaired) electrons. The molecule has 1 aromatic carbocycles. The topological polar surface area (TPSA) is 99.4 Å². The third-order valence-electron chi connectivity index (χ3n) is 7.69. The summed E-state index contributed by atoms with van der Waals surface area (Å²) in [6.07, 6.45) is 7.60. The third-order valence-corrected chi connectivity index (χ3v) is 8.35. The van der Waals surface area contributed by atoms with Gasteiger partial charge in [-0.2, -0.15) is 5.26 Å². The number of aromatic nitrogens is 2. The van der Waals surface area contributed by atoms with Crippen LogP contribution in [-0.2, 0) is 14.9 Å². The number of piperidine rings is 1. The van der Waals surface area contributed by atoms with E-state index < -0.39 is 11.0 Å². The number of hydrogen-bond acceptors (Lipinski definition) is 6. The summed E-state index contributed by atoms with van der Waals surface area (Å²) in [4.78, 5) is 39.8. The summed E-state index contributed by atoms with van der Waals surface area (Å²) in [5, 5.41) is 9.90. The molecule has 0 unspecified atom stereocenters. The summed E-state index contributed by atoms with van der Waals surface area (Å²) in [5.41, 5.74) is 0.671. The van der Waals surface area contributed by atoms with Gasteiger partial charge in [-0.1, -0.05) is 25.3 Å². The minimum Gasteiger partial charge on any atom is -0.444 e. The van der Waals surface area contributed by atoms with Crippen molar-refractivity contribution in [2.75, 3.05) is 18.0 Å². The number of carbonyl (C=O) groups is 2. The molecule has 0 atom stereocenters. The number of anilines is 2. The fourth-order valence-electron chi connectivity index (χ4n) is 5.83. The van der Waals surface area contributed by atoms with Gasteiger partial charge in [-0.25, -0.2) is 14.8 Å². The zero-order valence-corrected chi connectivity index (χ0v) is 23.2. The number of ether oxygens (including phenoxy) is 1. The maximum atomic E-state index is 14.1. The first-order chi connectivity index (χ1) is 17.6. The summed E-state index contributed by atoms with van der Waals surface area (Å²) >= 11 is 3.48. The fraction of sp³-hybridized carbons (Fsp3) is 0.536. The van der Waals surface area contributed by atoms with Crippen molar-refractivity contribution in [1.29, 1.82) is 5.26 Å². The number of amides is 2. The van der Waals surface area contributed by atoms with Crippen LogP contribution in [-0.4, -0.2) is 45.6 Å². The Morgan fingerprint density at radius 2 is 1.89 bits per heavy atom. The van der Waals surface area contributed by atoms with Gasteiger partial charge in [0, 0.05) is 35.2 Å². The summed E-state index contributed by atoms with van der Waals surface area (Å²) in [7, 11) is 0. The Kier molecular flexibility index (Phi) is 6.73. The highest BCUT2D eigenvalue weighted by Gasteiger charge is 2.53. The van der Waals surface area contributed by atoms with Gasteiger partial charge < -0.3 is 9.64 Å². The smallest absolute Gasteiger partial charge is 0.410 e. The largest absolute Gasteiger partial charge is 0.444 e. The first-order valence-electron chi connectivity index (χ1n) is 13.0. The predicted molar refractivity (Wildman–Crippen MR) is 143 cm³/mol. The molecule has 0 N–H and O–H groups in total. The van der Waals surface area contributed by atoms with Crippen molar-refractivity contribution >= 4 is 39.4 Å². The van der Waals surface area contributed by atoms with Crippen LogP contribution in [0.1, 0.15) is 88.6 Å². The van der Waals surface area contributed by atoms with Gasteiger partial charge in [0.25, 0.3) is 0 Å². The minimum absolute atomic E-state index is 0.0111. The summed E-state index contributed by atoms with van der Waals surface area (Å²) in [6.45, 7) is 6.73. The van der Waals surface area contributed by atoms with Crippen molar-refractivity contribution < 1.29 is 14.3 Å². The van der Waals surface area contributed by atoms with Gasteiger partial charge in [0.1, 0.15) is 23.3 Å². The second kappa shape index (κ2) is 9.71. The molecule has 1 spiro atoms. The molecule has 2 aliphatic heterocycles.